The van der Waals surface area contributed by atoms with Crippen molar-refractivity contribution in [1.82, 2.24) is 0 Å². The molecule has 0 fully saturated rings. The maximum Gasteiger partial charge on any atom is 0.328 e. The van der Waals surface area contributed by atoms with Crippen LogP contribution >= 0.6 is 22.6 Å². The molecule has 0 aliphatic rings. The van der Waals surface area contributed by atoms with Crippen LogP contribution < -0.4 is 0 Å². The first-order chi connectivity index (χ1) is 8.15. The normalized spacial score (nSPS) is 10.9. The van der Waals surface area contributed by atoms with Crippen molar-refractivity contribution in [3.05, 3.63) is 51.8 Å². The van der Waals surface area contributed by atoms with E-state index in [2.05, 4.69) is 22.6 Å². The van der Waals surface area contributed by atoms with Gasteiger partial charge in [0.2, 0.25) is 0 Å². The minimum atomic E-state index is -0.989. The summed E-state index contributed by atoms with van der Waals surface area (Å²) in [6, 6.07) is 11.5. The smallest absolute Gasteiger partial charge is 0.328 e. The zero-order chi connectivity index (χ0) is 12.3. The van der Waals surface area contributed by atoms with Crippen molar-refractivity contribution in [3.63, 3.8) is 0 Å². The van der Waals surface area contributed by atoms with Gasteiger partial charge < -0.3 is 9.52 Å². The van der Waals surface area contributed by atoms with Gasteiger partial charge in [-0.05, 0) is 52.9 Å². The molecule has 2 aromatic rings. The predicted molar refractivity (Wildman–Crippen MR) is 73.5 cm³/mol. The monoisotopic (exact) mass is 340 g/mol. The van der Waals surface area contributed by atoms with Crippen LogP contribution in [0.4, 0.5) is 0 Å². The summed E-state index contributed by atoms with van der Waals surface area (Å²) >= 11 is 2.23. The van der Waals surface area contributed by atoms with Crippen LogP contribution in [0, 0.1) is 3.57 Å². The van der Waals surface area contributed by atoms with Crippen LogP contribution in [0.25, 0.3) is 17.4 Å². The van der Waals surface area contributed by atoms with E-state index >= 15 is 0 Å². The second-order valence-electron chi connectivity index (χ2n) is 3.38. The zero-order valence-corrected chi connectivity index (χ0v) is 10.9. The molecule has 1 aromatic carbocycles. The summed E-state index contributed by atoms with van der Waals surface area (Å²) in [5, 5.41) is 8.51. The quantitative estimate of drug-likeness (QED) is 0.685. The van der Waals surface area contributed by atoms with Crippen LogP contribution in [0.3, 0.4) is 0 Å². The Morgan fingerprint density at radius 3 is 2.82 bits per heavy atom. The molecule has 4 heteroatoms. The Balaban J connectivity index is 2.27. The Morgan fingerprint density at radius 1 is 1.29 bits per heavy atom. The molecular weight excluding hydrogens is 331 g/mol. The van der Waals surface area contributed by atoms with Gasteiger partial charge in [0, 0.05) is 15.2 Å². The summed E-state index contributed by atoms with van der Waals surface area (Å²) in [6.07, 6.45) is 2.48. The number of carboxylic acids is 1. The van der Waals surface area contributed by atoms with E-state index in [-0.39, 0.29) is 0 Å². The second kappa shape index (κ2) is 5.18. The first kappa shape index (κ1) is 11.9. The maximum absolute atomic E-state index is 10.4. The Hall–Kier alpha value is -1.56. The SMILES string of the molecule is O=C(O)/C=C/c1ccc(-c2cccc(I)c2)o1. The Bertz CT molecular complexity index is 570. The maximum atomic E-state index is 10.4. The third kappa shape index (κ3) is 3.20. The van der Waals surface area contributed by atoms with Crippen molar-refractivity contribution >= 4 is 34.6 Å². The minimum Gasteiger partial charge on any atom is -0.478 e. The molecule has 0 spiro atoms. The summed E-state index contributed by atoms with van der Waals surface area (Å²) in [5.74, 6) is 0.270. The molecule has 17 heavy (non-hydrogen) atoms. The van der Waals surface area contributed by atoms with E-state index < -0.39 is 5.97 Å². The first-order valence-corrected chi connectivity index (χ1v) is 6.00. The van der Waals surface area contributed by atoms with E-state index in [4.69, 9.17) is 9.52 Å². The van der Waals surface area contributed by atoms with Crippen molar-refractivity contribution < 1.29 is 14.3 Å². The molecule has 0 aliphatic carbocycles. The van der Waals surface area contributed by atoms with Gasteiger partial charge in [0.1, 0.15) is 11.5 Å². The minimum absolute atomic E-state index is 0.529. The fourth-order valence-electron chi connectivity index (χ4n) is 1.39. The van der Waals surface area contributed by atoms with Crippen LogP contribution in [0.1, 0.15) is 5.76 Å². The number of furan rings is 1. The van der Waals surface area contributed by atoms with Crippen molar-refractivity contribution in [2.24, 2.45) is 0 Å². The lowest BCUT2D eigenvalue weighted by atomic mass is 10.2. The van der Waals surface area contributed by atoms with E-state index in [0.29, 0.717) is 5.76 Å². The molecular formula is C13H9IO3. The molecule has 1 aromatic heterocycles. The molecule has 0 unspecified atom stereocenters. The molecule has 1 heterocycles. The summed E-state index contributed by atoms with van der Waals surface area (Å²) in [5.41, 5.74) is 0.979. The van der Waals surface area contributed by atoms with Crippen molar-refractivity contribution in [3.8, 4) is 11.3 Å². The molecule has 0 saturated heterocycles. The lowest BCUT2D eigenvalue weighted by Gasteiger charge is -1.96. The summed E-state index contributed by atoms with van der Waals surface area (Å²) in [6.45, 7) is 0. The molecule has 0 bridgehead atoms. The molecule has 2 rings (SSSR count). The van der Waals surface area contributed by atoms with Gasteiger partial charge in [-0.15, -0.1) is 0 Å². The Labute approximate surface area is 112 Å². The average Bonchev–Trinajstić information content (AvgIpc) is 2.75. The van der Waals surface area contributed by atoms with E-state index in [1.165, 1.54) is 6.08 Å². The van der Waals surface area contributed by atoms with Gasteiger partial charge in [-0.2, -0.15) is 0 Å². The van der Waals surface area contributed by atoms with Crippen LogP contribution in [0.2, 0.25) is 0 Å². The van der Waals surface area contributed by atoms with Crippen LogP contribution in [0.5, 0.6) is 0 Å². The molecule has 1 N–H and O–H groups in total. The molecule has 0 radical (unpaired) electrons. The second-order valence-corrected chi connectivity index (χ2v) is 4.63. The van der Waals surface area contributed by atoms with Gasteiger partial charge >= 0.3 is 5.97 Å². The number of halogens is 1. The highest BCUT2D eigenvalue weighted by Gasteiger charge is 2.03. The molecule has 3 nitrogen and oxygen atoms in total. The number of hydrogen-bond acceptors (Lipinski definition) is 2. The first-order valence-electron chi connectivity index (χ1n) is 4.92. The lowest BCUT2D eigenvalue weighted by molar-refractivity contribution is -0.131. The predicted octanol–water partition coefficient (Wildman–Crippen LogP) is 3.65. The zero-order valence-electron chi connectivity index (χ0n) is 8.76. The number of carboxylic acid groups (broad SMARTS) is 1. The van der Waals surface area contributed by atoms with Gasteiger partial charge in [-0.1, -0.05) is 12.1 Å². The highest BCUT2D eigenvalue weighted by atomic mass is 127. The number of rotatable bonds is 3. The third-order valence-corrected chi connectivity index (χ3v) is 2.80. The van der Waals surface area contributed by atoms with E-state index in [1.807, 2.05) is 30.3 Å². The fourth-order valence-corrected chi connectivity index (χ4v) is 1.94. The fraction of sp³-hybridized carbons (Fsp3) is 0. The van der Waals surface area contributed by atoms with Gasteiger partial charge in [-0.25, -0.2) is 4.79 Å². The molecule has 0 aliphatic heterocycles. The topological polar surface area (TPSA) is 50.4 Å². The Kier molecular flexibility index (Phi) is 3.63. The highest BCUT2D eigenvalue weighted by molar-refractivity contribution is 14.1. The van der Waals surface area contributed by atoms with Crippen LogP contribution in [-0.2, 0) is 4.79 Å². The summed E-state index contributed by atoms with van der Waals surface area (Å²) in [4.78, 5) is 10.4. The Morgan fingerprint density at radius 2 is 2.12 bits per heavy atom. The number of carbonyl (C=O) groups is 1. The molecule has 0 saturated carbocycles. The largest absolute Gasteiger partial charge is 0.478 e. The van der Waals surface area contributed by atoms with E-state index in [0.717, 1.165) is 21.0 Å². The van der Waals surface area contributed by atoms with Gasteiger partial charge in [0.25, 0.3) is 0 Å². The molecule has 0 amide bonds. The van der Waals surface area contributed by atoms with Crippen LogP contribution in [0.15, 0.2) is 46.9 Å². The molecule has 86 valence electrons. The van der Waals surface area contributed by atoms with Crippen LogP contribution in [-0.4, -0.2) is 11.1 Å². The van der Waals surface area contributed by atoms with Gasteiger partial charge in [0.05, 0.1) is 0 Å². The highest BCUT2D eigenvalue weighted by Crippen LogP contribution is 2.24. The molecule has 0 atom stereocenters. The average molecular weight is 340 g/mol. The number of hydrogen-bond donors (Lipinski definition) is 1. The third-order valence-electron chi connectivity index (χ3n) is 2.13. The van der Waals surface area contributed by atoms with Crippen molar-refractivity contribution in [1.29, 1.82) is 0 Å². The summed E-state index contributed by atoms with van der Waals surface area (Å²) < 4.78 is 6.65. The number of aliphatic carboxylic acids is 1. The summed E-state index contributed by atoms with van der Waals surface area (Å²) in [7, 11) is 0. The lowest BCUT2D eigenvalue weighted by Crippen LogP contribution is -1.84. The van der Waals surface area contributed by atoms with Gasteiger partial charge in [0.15, 0.2) is 0 Å². The standard InChI is InChI=1S/C13H9IO3/c14-10-3-1-2-9(8-10)12-6-4-11(17-12)5-7-13(15)16/h1-8H,(H,15,16)/b7-5+. The van der Waals surface area contributed by atoms with Crippen molar-refractivity contribution in [2.75, 3.05) is 0 Å². The van der Waals surface area contributed by atoms with Gasteiger partial charge in [-0.3, -0.25) is 0 Å². The van der Waals surface area contributed by atoms with E-state index in [9.17, 15) is 4.79 Å². The number of benzene rings is 1. The van der Waals surface area contributed by atoms with Crippen molar-refractivity contribution in [2.45, 2.75) is 0 Å². The van der Waals surface area contributed by atoms with E-state index in [1.54, 1.807) is 6.07 Å².